The van der Waals surface area contributed by atoms with Gasteiger partial charge in [0.2, 0.25) is 0 Å². The molecule has 2 unspecified atom stereocenters. The topological polar surface area (TPSA) is 70.7 Å². The lowest BCUT2D eigenvalue weighted by molar-refractivity contribution is -0.125. The first-order valence-corrected chi connectivity index (χ1v) is 19.6. The number of nitrogens with zero attached hydrogens (tertiary/aromatic N) is 2. The third-order valence-corrected chi connectivity index (χ3v) is 24.1. The van der Waals surface area contributed by atoms with Gasteiger partial charge in [-0.2, -0.15) is 3.11 Å². The van der Waals surface area contributed by atoms with Crippen LogP contribution in [-0.4, -0.2) is 33.0 Å². The minimum atomic E-state index is -1.11. The average molecular weight is 1260 g/mol. The lowest BCUT2D eigenvalue weighted by Gasteiger charge is -2.46. The van der Waals surface area contributed by atoms with E-state index in [4.69, 9.17) is 5.73 Å². The van der Waals surface area contributed by atoms with Gasteiger partial charge in [-0.25, -0.2) is 0 Å². The van der Waals surface area contributed by atoms with Gasteiger partial charge in [-0.15, -0.1) is 0 Å². The fraction of sp³-hybridized carbons (Fsp3) is 0.909. The zero-order chi connectivity index (χ0) is 26.3. The third-order valence-electron chi connectivity index (χ3n) is 5.57. The van der Waals surface area contributed by atoms with E-state index in [1.807, 2.05) is 3.11 Å². The highest BCUT2D eigenvalue weighted by molar-refractivity contribution is 14.2. The predicted octanol–water partition coefficient (Wildman–Crippen LogP) is 9.84. The molecule has 0 aliphatic rings. The molecule has 0 aromatic carbocycles. The number of alkyl halides is 6. The SMILES string of the molecule is C=NC(I)(C(=O)NCCCCCCCCCCCCCCCC)N(I)C(I)(I)C(I)(I)C(N)I. The van der Waals surface area contributed by atoms with Crippen LogP contribution >= 0.6 is 158 Å². The van der Waals surface area contributed by atoms with Crippen LogP contribution in [0.5, 0.6) is 0 Å². The predicted molar refractivity (Wildman–Crippen MR) is 209 cm³/mol. The van der Waals surface area contributed by atoms with Gasteiger partial charge in [0.15, 0.2) is 1.55 Å². The third kappa shape index (κ3) is 13.7. The molecule has 12 heteroatoms. The van der Waals surface area contributed by atoms with E-state index in [0.29, 0.717) is 6.54 Å². The summed E-state index contributed by atoms with van der Waals surface area (Å²) in [6.45, 7) is 6.67. The fourth-order valence-electron chi connectivity index (χ4n) is 3.34. The van der Waals surface area contributed by atoms with E-state index in [1.165, 1.54) is 77.0 Å². The molecule has 0 aromatic rings. The van der Waals surface area contributed by atoms with Crippen LogP contribution in [0.15, 0.2) is 4.99 Å². The van der Waals surface area contributed by atoms with Crippen LogP contribution < -0.4 is 11.1 Å². The number of rotatable bonds is 21. The highest BCUT2D eigenvalue weighted by Crippen LogP contribution is 2.58. The Morgan fingerprint density at radius 3 is 1.62 bits per heavy atom. The van der Waals surface area contributed by atoms with E-state index in [1.54, 1.807) is 0 Å². The molecule has 0 heterocycles. The standard InChI is InChI=1S/C22H39I7N4O/c1-3-4-5-6-7-8-9-10-11-12-13-14-15-16-17-32-19(34)21(26,31-2)33(29)22(27,28)20(24,25)18(23)30/h18H,2-17,30H2,1H3,(H,32,34). The maximum atomic E-state index is 13.1. The molecule has 0 fully saturated rings. The van der Waals surface area contributed by atoms with Crippen LogP contribution in [0.2, 0.25) is 0 Å². The largest absolute Gasteiger partial charge is 0.352 e. The molecular formula is C22H39I7N4O. The van der Waals surface area contributed by atoms with Gasteiger partial charge in [-0.3, -0.25) is 9.79 Å². The Morgan fingerprint density at radius 2 is 1.26 bits per heavy atom. The maximum Gasteiger partial charge on any atom is 0.274 e. The summed E-state index contributed by atoms with van der Waals surface area (Å²) in [5.41, 5.74) is 6.24. The van der Waals surface area contributed by atoms with Crippen molar-refractivity contribution in [3.05, 3.63) is 0 Å². The Morgan fingerprint density at radius 1 is 0.882 bits per heavy atom. The Balaban J connectivity index is 4.16. The molecule has 0 bridgehead atoms. The molecule has 0 aromatic heterocycles. The smallest absolute Gasteiger partial charge is 0.274 e. The first-order valence-electron chi connectivity index (χ1n) is 12.0. The zero-order valence-electron chi connectivity index (χ0n) is 19.9. The van der Waals surface area contributed by atoms with E-state index >= 15 is 0 Å². The van der Waals surface area contributed by atoms with Crippen LogP contribution in [0.1, 0.15) is 96.8 Å². The summed E-state index contributed by atoms with van der Waals surface area (Å²) in [6, 6.07) is 0. The molecule has 0 radical (unpaired) electrons. The number of amides is 1. The van der Waals surface area contributed by atoms with E-state index in [0.717, 1.165) is 12.8 Å². The van der Waals surface area contributed by atoms with Crippen LogP contribution in [0.25, 0.3) is 0 Å². The monoisotopic (exact) mass is 1260 g/mol. The van der Waals surface area contributed by atoms with E-state index in [9.17, 15) is 4.79 Å². The summed E-state index contributed by atoms with van der Waals surface area (Å²) in [5.74, 6) is -0.129. The van der Waals surface area contributed by atoms with Crippen molar-refractivity contribution in [1.29, 1.82) is 0 Å². The van der Waals surface area contributed by atoms with Gasteiger partial charge < -0.3 is 11.1 Å². The number of carbonyl (C=O) groups excluding carboxylic acids is 1. The second-order valence-corrected chi connectivity index (χ2v) is 22.9. The number of nitrogens with two attached hydrogens (primary N) is 1. The van der Waals surface area contributed by atoms with Gasteiger partial charge in [0.1, 0.15) is 1.43 Å². The normalized spacial score (nSPS) is 15.2. The first-order chi connectivity index (χ1) is 15.9. The number of unbranched alkanes of at least 4 members (excludes halogenated alkanes) is 13. The van der Waals surface area contributed by atoms with Gasteiger partial charge in [-0.05, 0) is 80.9 Å². The Labute approximate surface area is 303 Å². The Bertz CT molecular complexity index is 581. The van der Waals surface area contributed by atoms with Crippen LogP contribution in [0.3, 0.4) is 0 Å². The molecule has 0 rings (SSSR count). The fourth-order valence-corrected chi connectivity index (χ4v) is 9.98. The van der Waals surface area contributed by atoms with Crippen LogP contribution in [0.4, 0.5) is 0 Å². The molecule has 1 amide bonds. The summed E-state index contributed by atoms with van der Waals surface area (Å²) < 4.78 is -0.0868. The lowest BCUT2D eigenvalue weighted by atomic mass is 10.0. The van der Waals surface area contributed by atoms with Crippen molar-refractivity contribution in [2.24, 2.45) is 10.7 Å². The molecule has 3 N–H and O–H groups in total. The molecule has 202 valence electrons. The quantitative estimate of drug-likeness (QED) is 0.0301. The lowest BCUT2D eigenvalue weighted by Crippen LogP contribution is -2.61. The van der Waals surface area contributed by atoms with Gasteiger partial charge in [0.05, 0.1) is 4.05 Å². The Hall–Kier alpha value is 4.17. The van der Waals surface area contributed by atoms with Crippen molar-refractivity contribution in [1.82, 2.24) is 8.43 Å². The number of aliphatic imine (C=N–C) groups is 1. The average Bonchev–Trinajstić information content (AvgIpc) is 2.79. The summed E-state index contributed by atoms with van der Waals surface area (Å²) >= 11 is 16.0. The minimum absolute atomic E-state index is 0.110. The molecule has 0 saturated heterocycles. The van der Waals surface area contributed by atoms with Gasteiger partial charge in [-0.1, -0.05) is 158 Å². The van der Waals surface area contributed by atoms with Crippen molar-refractivity contribution < 1.29 is 4.79 Å². The molecule has 0 aliphatic carbocycles. The minimum Gasteiger partial charge on any atom is -0.352 e. The van der Waals surface area contributed by atoms with Gasteiger partial charge in [0.25, 0.3) is 9.58 Å². The molecule has 5 nitrogen and oxygen atoms in total. The van der Waals surface area contributed by atoms with Crippen molar-refractivity contribution in [3.63, 3.8) is 0 Å². The molecule has 2 atom stereocenters. The molecule has 0 saturated carbocycles. The summed E-state index contributed by atoms with van der Waals surface area (Å²) in [6.07, 6.45) is 18.6. The number of carbonyl (C=O) groups is 1. The number of hydrogen-bond acceptors (Lipinski definition) is 4. The zero-order valence-corrected chi connectivity index (χ0v) is 35.0. The molecule has 34 heavy (non-hydrogen) atoms. The maximum absolute atomic E-state index is 13.1. The highest BCUT2D eigenvalue weighted by Gasteiger charge is 2.58. The summed E-state index contributed by atoms with van der Waals surface area (Å²) in [7, 11) is 0. The van der Waals surface area contributed by atoms with Gasteiger partial charge >= 0.3 is 0 Å². The second-order valence-electron chi connectivity index (χ2n) is 8.44. The summed E-state index contributed by atoms with van der Waals surface area (Å²) in [5, 5.41) is 3.08. The van der Waals surface area contributed by atoms with Crippen molar-refractivity contribution in [3.8, 4) is 0 Å². The van der Waals surface area contributed by atoms with Crippen molar-refractivity contribution in [2.75, 3.05) is 6.54 Å². The molecule has 0 spiro atoms. The number of halogens is 7. The Kier molecular flexibility index (Phi) is 23.5. The van der Waals surface area contributed by atoms with E-state index < -0.39 is 5.22 Å². The molecule has 0 aliphatic heterocycles. The van der Waals surface area contributed by atoms with E-state index in [-0.39, 0.29) is 11.4 Å². The highest BCUT2D eigenvalue weighted by atomic mass is 127. The van der Waals surface area contributed by atoms with Crippen LogP contribution in [-0.2, 0) is 4.79 Å². The number of hydrogen-bond donors (Lipinski definition) is 2. The molecular weight excluding hydrogens is 1220 g/mol. The summed E-state index contributed by atoms with van der Waals surface area (Å²) in [4.78, 5) is 17.3. The van der Waals surface area contributed by atoms with E-state index in [2.05, 4.69) is 182 Å². The van der Waals surface area contributed by atoms with Crippen molar-refractivity contribution in [2.45, 2.75) is 108 Å². The first kappa shape index (κ1) is 38.2. The number of nitrogens with one attached hydrogen (secondary N) is 1. The van der Waals surface area contributed by atoms with Crippen LogP contribution in [0, 0.1) is 0 Å². The van der Waals surface area contributed by atoms with Gasteiger partial charge in [0, 0.05) is 29.4 Å². The second kappa shape index (κ2) is 21.0. The van der Waals surface area contributed by atoms with Crippen molar-refractivity contribution >= 4 is 171 Å².